The van der Waals surface area contributed by atoms with Crippen LogP contribution in [0.1, 0.15) is 40.5 Å². The smallest absolute Gasteiger partial charge is 0.332 e. The molecule has 0 nitrogen and oxygen atoms in total. The summed E-state index contributed by atoms with van der Waals surface area (Å²) in [6, 6.07) is 0. The molecule has 0 saturated carbocycles. The summed E-state index contributed by atoms with van der Waals surface area (Å²) in [5, 5.41) is 0. The minimum absolute atomic E-state index is 0. The van der Waals surface area contributed by atoms with E-state index in [-0.39, 0.29) is 19.5 Å². The van der Waals surface area contributed by atoms with Crippen molar-refractivity contribution < 1.29 is 19.5 Å². The van der Waals surface area contributed by atoms with E-state index in [1.165, 1.54) is 12.8 Å². The van der Waals surface area contributed by atoms with Crippen LogP contribution < -0.4 is 0 Å². The summed E-state index contributed by atoms with van der Waals surface area (Å²) in [5.41, 5.74) is 0. The summed E-state index contributed by atoms with van der Waals surface area (Å²) < 4.78 is 0. The Kier molecular flexibility index (Phi) is 42.5. The van der Waals surface area contributed by atoms with E-state index >= 15 is 0 Å². The monoisotopic (exact) mass is 178 g/mol. The fourth-order valence-corrected chi connectivity index (χ4v) is 0. The topological polar surface area (TPSA) is 0 Å². The van der Waals surface area contributed by atoms with Gasteiger partial charge in [0.1, 0.15) is 0 Å². The van der Waals surface area contributed by atoms with Crippen LogP contribution in [0.3, 0.4) is 0 Å². The third-order valence-corrected chi connectivity index (χ3v) is 0.816. The van der Waals surface area contributed by atoms with E-state index < -0.39 is 0 Å². The van der Waals surface area contributed by atoms with Crippen molar-refractivity contribution in [1.82, 2.24) is 0 Å². The minimum atomic E-state index is 0. The molecule has 0 aromatic rings. The predicted octanol–water partition coefficient (Wildman–Crippen LogP) is 3.24. The molecule has 0 spiro atoms. The van der Waals surface area contributed by atoms with Gasteiger partial charge in [-0.15, -0.1) is 0 Å². The Morgan fingerprint density at radius 3 is 1.00 bits per heavy atom. The first-order valence-electron chi connectivity index (χ1n) is 3.39. The molecule has 0 aromatic carbocycles. The molecule has 9 heavy (non-hydrogen) atoms. The second kappa shape index (κ2) is 23.4. The Morgan fingerprint density at radius 1 is 0.889 bits per heavy atom. The average Bonchev–Trinajstić information content (AvgIpc) is 1.88. The van der Waals surface area contributed by atoms with Gasteiger partial charge in [-0.05, 0) is 0 Å². The Hall–Kier alpha value is 0.623. The van der Waals surface area contributed by atoms with Crippen LogP contribution in [0, 0.1) is 12.8 Å². The van der Waals surface area contributed by atoms with Crippen molar-refractivity contribution in [2.45, 2.75) is 40.5 Å². The summed E-state index contributed by atoms with van der Waals surface area (Å²) >= 11 is 0. The normalized spacial score (nSPS) is 6.67. The molecule has 0 aliphatic carbocycles. The number of hydrogen-bond donors (Lipinski definition) is 0. The van der Waals surface area contributed by atoms with Gasteiger partial charge in [0.05, 0.1) is 0 Å². The van der Waals surface area contributed by atoms with Crippen molar-refractivity contribution in [2.75, 3.05) is 0 Å². The summed E-state index contributed by atoms with van der Waals surface area (Å²) in [7, 11) is 0. The van der Waals surface area contributed by atoms with Gasteiger partial charge in [-0.1, -0.05) is 13.8 Å². The zero-order valence-corrected chi connectivity index (χ0v) is 10.2. The maximum absolute atomic E-state index is 2.12. The Balaban J connectivity index is -0.0000000720. The van der Waals surface area contributed by atoms with Crippen LogP contribution >= 0.6 is 0 Å². The van der Waals surface area contributed by atoms with E-state index in [9.17, 15) is 0 Å². The molecule has 0 unspecified atom stereocenters. The van der Waals surface area contributed by atoms with Gasteiger partial charge in [0.15, 0.2) is 0 Å². The van der Waals surface area contributed by atoms with Crippen molar-refractivity contribution in [2.24, 2.45) is 0 Å². The van der Waals surface area contributed by atoms with Gasteiger partial charge in [0.25, 0.3) is 0 Å². The molecule has 0 radical (unpaired) electrons. The van der Waals surface area contributed by atoms with Gasteiger partial charge in [0, 0.05) is 0 Å². The van der Waals surface area contributed by atoms with Crippen LogP contribution in [-0.4, -0.2) is 0 Å². The fraction of sp³-hybridized carbons (Fsp3) is 0.750. The van der Waals surface area contributed by atoms with E-state index in [0.717, 1.165) is 0 Å². The van der Waals surface area contributed by atoms with E-state index in [1.807, 2.05) is 0 Å². The van der Waals surface area contributed by atoms with Crippen LogP contribution in [0.15, 0.2) is 0 Å². The molecular formula is C8H18Zn. The predicted molar refractivity (Wildman–Crippen MR) is 40.5 cm³/mol. The fourth-order valence-electron chi connectivity index (χ4n) is 0. The van der Waals surface area contributed by atoms with Gasteiger partial charge < -0.3 is 12.8 Å². The third kappa shape index (κ3) is 55.0. The molecule has 0 bridgehead atoms. The molecule has 52 valence electrons. The largest absolute Gasteiger partial charge is 2.00 e. The van der Waals surface area contributed by atoms with Gasteiger partial charge in [-0.2, -0.15) is 26.7 Å². The van der Waals surface area contributed by atoms with Crippen LogP contribution in [0.4, 0.5) is 0 Å². The molecule has 0 N–H and O–H groups in total. The quantitative estimate of drug-likeness (QED) is 0.451. The number of unbranched alkanes of at least 4 members (excludes halogenated alkanes) is 2. The molecule has 0 heterocycles. The van der Waals surface area contributed by atoms with Crippen molar-refractivity contribution in [3.63, 3.8) is 0 Å². The van der Waals surface area contributed by atoms with Gasteiger partial charge in [-0.3, -0.25) is 0 Å². The first kappa shape index (κ1) is 16.3. The third-order valence-electron chi connectivity index (χ3n) is 0.816. The Labute approximate surface area is 73.2 Å². The van der Waals surface area contributed by atoms with Crippen molar-refractivity contribution in [3.8, 4) is 0 Å². The van der Waals surface area contributed by atoms with Gasteiger partial charge in [-0.25, -0.2) is 0 Å². The molecule has 0 amide bonds. The van der Waals surface area contributed by atoms with Crippen LogP contribution in [0.25, 0.3) is 0 Å². The Morgan fingerprint density at radius 2 is 1.00 bits per heavy atom. The molecule has 0 saturated heterocycles. The zero-order chi connectivity index (χ0) is 6.83. The van der Waals surface area contributed by atoms with Crippen LogP contribution in [0.5, 0.6) is 0 Å². The molecule has 0 aromatic heterocycles. The second-order valence-electron chi connectivity index (χ2n) is 1.63. The van der Waals surface area contributed by atoms with Crippen molar-refractivity contribution in [3.05, 3.63) is 12.8 Å². The van der Waals surface area contributed by atoms with Crippen molar-refractivity contribution >= 4 is 0 Å². The maximum atomic E-state index is 2.12. The maximum Gasteiger partial charge on any atom is 2.00 e. The van der Waals surface area contributed by atoms with Crippen molar-refractivity contribution in [1.29, 1.82) is 0 Å². The van der Waals surface area contributed by atoms with Gasteiger partial charge >= 0.3 is 19.5 Å². The van der Waals surface area contributed by atoms with E-state index in [4.69, 9.17) is 0 Å². The molecule has 0 rings (SSSR count). The SMILES string of the molecule is C[CH-]CC.C[CH-]CC.[Zn+2]. The first-order valence-corrected chi connectivity index (χ1v) is 3.39. The van der Waals surface area contributed by atoms with E-state index in [1.54, 1.807) is 0 Å². The minimum Gasteiger partial charge on any atom is -0.332 e. The number of hydrogen-bond acceptors (Lipinski definition) is 0. The standard InChI is InChI=1S/2C4H9.Zn/c2*1-3-4-2;/h2*3H,4H2,1-2H3;/q2*-1;+2. The average molecular weight is 180 g/mol. The molecule has 1 heteroatoms. The molecule has 0 aliphatic rings. The second-order valence-corrected chi connectivity index (χ2v) is 1.63. The summed E-state index contributed by atoms with van der Waals surface area (Å²) in [6.07, 6.45) is 6.64. The van der Waals surface area contributed by atoms with Crippen LogP contribution in [0.2, 0.25) is 0 Å². The van der Waals surface area contributed by atoms with E-state index in [2.05, 4.69) is 40.5 Å². The zero-order valence-electron chi connectivity index (χ0n) is 7.28. The summed E-state index contributed by atoms with van der Waals surface area (Å²) in [6.45, 7) is 8.36. The number of rotatable bonds is 2. The first-order chi connectivity index (χ1) is 3.83. The van der Waals surface area contributed by atoms with Gasteiger partial charge in [0.2, 0.25) is 0 Å². The molecule has 0 fully saturated rings. The summed E-state index contributed by atoms with van der Waals surface area (Å²) in [4.78, 5) is 0. The Bertz CT molecular complexity index is 12.5. The molecule has 0 atom stereocenters. The van der Waals surface area contributed by atoms with Crippen LogP contribution in [-0.2, 0) is 19.5 Å². The summed E-state index contributed by atoms with van der Waals surface area (Å²) in [5.74, 6) is 0. The molecular weight excluding hydrogens is 161 g/mol. The molecule has 0 aliphatic heterocycles. The van der Waals surface area contributed by atoms with E-state index in [0.29, 0.717) is 0 Å².